The second-order valence-electron chi connectivity index (χ2n) is 6.29. The molecule has 0 atom stereocenters. The smallest absolute Gasteiger partial charge is 0.264 e. The standard InChI is InChI=1S/C21H17Br2ClN2O2S/c1-4-5-28-19-15(22)8-13(9-16(19)24)10-17-20(27)26-21(29-17)25-14-6-11(2)18(23)12(3)7-14/h4,6-10H,1,5H2,2-3H3,(H,25,26,27)/b17-10-. The zero-order valence-electron chi connectivity index (χ0n) is 15.7. The lowest BCUT2D eigenvalue weighted by molar-refractivity contribution is -0.115. The summed E-state index contributed by atoms with van der Waals surface area (Å²) in [6, 6.07) is 7.54. The summed E-state index contributed by atoms with van der Waals surface area (Å²) >= 11 is 14.6. The summed E-state index contributed by atoms with van der Waals surface area (Å²) in [7, 11) is 0. The highest BCUT2D eigenvalue weighted by molar-refractivity contribution is 9.10. The molecule has 0 bridgehead atoms. The molecule has 0 saturated carbocycles. The summed E-state index contributed by atoms with van der Waals surface area (Å²) in [6.07, 6.45) is 3.42. The second kappa shape index (κ2) is 9.51. The van der Waals surface area contributed by atoms with Crippen molar-refractivity contribution in [1.82, 2.24) is 5.32 Å². The number of rotatable bonds is 5. The number of hydrogen-bond acceptors (Lipinski definition) is 4. The first kappa shape index (κ1) is 22.2. The van der Waals surface area contributed by atoms with E-state index in [2.05, 4.69) is 48.7 Å². The molecule has 4 nitrogen and oxygen atoms in total. The van der Waals surface area contributed by atoms with E-state index >= 15 is 0 Å². The molecule has 1 aliphatic heterocycles. The van der Waals surface area contributed by atoms with Gasteiger partial charge in [0.2, 0.25) is 0 Å². The Kier molecular flexibility index (Phi) is 7.27. The molecule has 0 aliphatic carbocycles. The molecule has 1 aliphatic rings. The number of thioether (sulfide) groups is 1. The fourth-order valence-electron chi connectivity index (χ4n) is 2.68. The van der Waals surface area contributed by atoms with Crippen molar-refractivity contribution in [1.29, 1.82) is 0 Å². The summed E-state index contributed by atoms with van der Waals surface area (Å²) in [5.74, 6) is 0.346. The fraction of sp³-hybridized carbons (Fsp3) is 0.143. The Hall–Kier alpha value is -1.54. The highest BCUT2D eigenvalue weighted by Crippen LogP contribution is 2.37. The van der Waals surface area contributed by atoms with E-state index in [1.165, 1.54) is 11.8 Å². The van der Waals surface area contributed by atoms with Gasteiger partial charge in [-0.1, -0.05) is 40.2 Å². The maximum atomic E-state index is 12.4. The number of amidine groups is 1. The number of halogens is 3. The van der Waals surface area contributed by atoms with Crippen LogP contribution in [0.5, 0.6) is 5.75 Å². The van der Waals surface area contributed by atoms with E-state index in [1.54, 1.807) is 18.2 Å². The van der Waals surface area contributed by atoms with Crippen molar-refractivity contribution in [3.8, 4) is 5.75 Å². The lowest BCUT2D eigenvalue weighted by atomic mass is 10.1. The predicted octanol–water partition coefficient (Wildman–Crippen LogP) is 6.94. The summed E-state index contributed by atoms with van der Waals surface area (Å²) < 4.78 is 7.32. The van der Waals surface area contributed by atoms with Gasteiger partial charge in [0.05, 0.1) is 20.1 Å². The maximum Gasteiger partial charge on any atom is 0.264 e. The van der Waals surface area contributed by atoms with Crippen LogP contribution in [0.25, 0.3) is 6.08 Å². The highest BCUT2D eigenvalue weighted by atomic mass is 79.9. The van der Waals surface area contributed by atoms with Crippen LogP contribution < -0.4 is 10.1 Å². The number of benzene rings is 2. The molecule has 2 aromatic carbocycles. The average Bonchev–Trinajstić information content (AvgIpc) is 2.98. The summed E-state index contributed by atoms with van der Waals surface area (Å²) in [4.78, 5) is 17.5. The Balaban J connectivity index is 1.85. The number of ether oxygens (including phenoxy) is 1. The van der Waals surface area contributed by atoms with Gasteiger partial charge in [0.1, 0.15) is 6.61 Å². The van der Waals surface area contributed by atoms with Crippen molar-refractivity contribution in [3.63, 3.8) is 0 Å². The molecule has 1 saturated heterocycles. The first-order valence-electron chi connectivity index (χ1n) is 8.57. The zero-order chi connectivity index (χ0) is 21.1. The van der Waals surface area contributed by atoms with E-state index in [0.717, 1.165) is 26.9 Å². The average molecular weight is 557 g/mol. The highest BCUT2D eigenvalue weighted by Gasteiger charge is 2.24. The van der Waals surface area contributed by atoms with Gasteiger partial charge in [0.15, 0.2) is 10.9 Å². The molecule has 1 N–H and O–H groups in total. The van der Waals surface area contributed by atoms with E-state index in [0.29, 0.717) is 31.9 Å². The SMILES string of the molecule is C=CCOc1c(Cl)cc(/C=C2\SC(=Nc3cc(C)c(Br)c(C)c3)NC2=O)cc1Br. The van der Waals surface area contributed by atoms with Crippen molar-refractivity contribution in [2.45, 2.75) is 13.8 Å². The number of carbonyl (C=O) groups is 1. The van der Waals surface area contributed by atoms with Crippen LogP contribution in [-0.4, -0.2) is 17.7 Å². The molecule has 1 fully saturated rings. The van der Waals surface area contributed by atoms with Crippen LogP contribution in [-0.2, 0) is 4.79 Å². The molecule has 0 aromatic heterocycles. The first-order chi connectivity index (χ1) is 13.8. The summed E-state index contributed by atoms with van der Waals surface area (Å²) in [6.45, 7) is 8.00. The molecule has 8 heteroatoms. The van der Waals surface area contributed by atoms with Gasteiger partial charge in [-0.2, -0.15) is 0 Å². The monoisotopic (exact) mass is 554 g/mol. The van der Waals surface area contributed by atoms with Gasteiger partial charge in [-0.3, -0.25) is 4.79 Å². The Bertz CT molecular complexity index is 1020. The van der Waals surface area contributed by atoms with Crippen LogP contribution in [0.15, 0.2) is 55.8 Å². The Morgan fingerprint density at radius 3 is 2.55 bits per heavy atom. The molecule has 0 unspecified atom stereocenters. The minimum Gasteiger partial charge on any atom is -0.487 e. The lowest BCUT2D eigenvalue weighted by Gasteiger charge is -2.09. The number of hydrogen-bond donors (Lipinski definition) is 1. The van der Waals surface area contributed by atoms with Crippen LogP contribution in [0.1, 0.15) is 16.7 Å². The van der Waals surface area contributed by atoms with E-state index in [4.69, 9.17) is 16.3 Å². The van der Waals surface area contributed by atoms with Gasteiger partial charge in [-0.15, -0.1) is 0 Å². The van der Waals surface area contributed by atoms with Crippen LogP contribution in [0.4, 0.5) is 5.69 Å². The van der Waals surface area contributed by atoms with Crippen molar-refractivity contribution in [2.24, 2.45) is 4.99 Å². The molecule has 29 heavy (non-hydrogen) atoms. The van der Waals surface area contributed by atoms with Crippen molar-refractivity contribution < 1.29 is 9.53 Å². The molecule has 1 amide bonds. The fourth-order valence-corrected chi connectivity index (χ4v) is 4.74. The van der Waals surface area contributed by atoms with Crippen LogP contribution in [0.2, 0.25) is 5.02 Å². The molecule has 1 heterocycles. The molecular weight excluding hydrogens is 540 g/mol. The summed E-state index contributed by atoms with van der Waals surface area (Å²) in [5.41, 5.74) is 3.75. The van der Waals surface area contributed by atoms with E-state index in [9.17, 15) is 4.79 Å². The number of aliphatic imine (C=N–C) groups is 1. The third kappa shape index (κ3) is 5.34. The molecular formula is C21H17Br2ClN2O2S. The van der Waals surface area contributed by atoms with Crippen molar-refractivity contribution >= 4 is 78.1 Å². The normalized spacial score (nSPS) is 16.4. The van der Waals surface area contributed by atoms with Gasteiger partial charge in [-0.25, -0.2) is 4.99 Å². The van der Waals surface area contributed by atoms with Crippen molar-refractivity contribution in [2.75, 3.05) is 6.61 Å². The number of aryl methyl sites for hydroxylation is 2. The lowest BCUT2D eigenvalue weighted by Crippen LogP contribution is -2.19. The van der Waals surface area contributed by atoms with E-state index in [-0.39, 0.29) is 5.91 Å². The Labute approximate surface area is 195 Å². The van der Waals surface area contributed by atoms with Crippen LogP contribution in [0, 0.1) is 13.8 Å². The van der Waals surface area contributed by atoms with E-state index in [1.807, 2.05) is 32.0 Å². The van der Waals surface area contributed by atoms with Crippen LogP contribution >= 0.6 is 55.2 Å². The maximum absolute atomic E-state index is 12.4. The molecule has 3 rings (SSSR count). The number of nitrogens with zero attached hydrogens (tertiary/aromatic N) is 1. The quantitative estimate of drug-likeness (QED) is 0.321. The first-order valence-corrected chi connectivity index (χ1v) is 11.4. The third-order valence-electron chi connectivity index (χ3n) is 3.97. The van der Waals surface area contributed by atoms with Crippen LogP contribution in [0.3, 0.4) is 0 Å². The van der Waals surface area contributed by atoms with Gasteiger partial charge in [-0.05, 0) is 88.6 Å². The largest absolute Gasteiger partial charge is 0.487 e. The topological polar surface area (TPSA) is 50.7 Å². The predicted molar refractivity (Wildman–Crippen MR) is 129 cm³/mol. The molecule has 0 spiro atoms. The third-order valence-corrected chi connectivity index (χ3v) is 7.00. The zero-order valence-corrected chi connectivity index (χ0v) is 20.4. The summed E-state index contributed by atoms with van der Waals surface area (Å²) in [5, 5.41) is 3.80. The molecule has 150 valence electrons. The minimum absolute atomic E-state index is 0.196. The second-order valence-corrected chi connectivity index (χ2v) is 9.37. The van der Waals surface area contributed by atoms with Gasteiger partial charge < -0.3 is 10.1 Å². The number of amides is 1. The van der Waals surface area contributed by atoms with Crippen molar-refractivity contribution in [3.05, 3.63) is 72.5 Å². The van der Waals surface area contributed by atoms with Gasteiger partial charge >= 0.3 is 0 Å². The minimum atomic E-state index is -0.196. The number of carbonyl (C=O) groups excluding carboxylic acids is 1. The molecule has 2 aromatic rings. The Morgan fingerprint density at radius 2 is 1.93 bits per heavy atom. The molecule has 0 radical (unpaired) electrons. The number of nitrogens with one attached hydrogen (secondary N) is 1. The van der Waals surface area contributed by atoms with E-state index < -0.39 is 0 Å². The van der Waals surface area contributed by atoms with Gasteiger partial charge in [0, 0.05) is 4.47 Å². The van der Waals surface area contributed by atoms with Gasteiger partial charge in [0.25, 0.3) is 5.91 Å². The Morgan fingerprint density at radius 1 is 1.24 bits per heavy atom.